The van der Waals surface area contributed by atoms with Gasteiger partial charge in [-0.3, -0.25) is 18.9 Å². The van der Waals surface area contributed by atoms with E-state index in [0.29, 0.717) is 13.0 Å². The van der Waals surface area contributed by atoms with Crippen LogP contribution in [0.1, 0.15) is 25.1 Å². The maximum absolute atomic E-state index is 12.4. The Balaban J connectivity index is 2.16. The Morgan fingerprint density at radius 1 is 1.19 bits per heavy atom. The lowest BCUT2D eigenvalue weighted by molar-refractivity contribution is -0.0621. The second-order valence-corrected chi connectivity index (χ2v) is 12.3. The van der Waals surface area contributed by atoms with Gasteiger partial charge >= 0.3 is 29.2 Å². The minimum absolute atomic E-state index is 0.0747. The summed E-state index contributed by atoms with van der Waals surface area (Å²) >= 11 is 0. The average molecular weight is 595 g/mol. The highest BCUT2D eigenvalue weighted by Gasteiger charge is 2.47. The maximum atomic E-state index is 12.4. The molecule has 2 rings (SSSR count). The molecule has 0 bridgehead atoms. The lowest BCUT2D eigenvalue weighted by atomic mass is 10.1. The molecule has 1 aromatic heterocycles. The molecule has 1 aromatic rings. The van der Waals surface area contributed by atoms with E-state index in [-0.39, 0.29) is 12.1 Å². The van der Waals surface area contributed by atoms with Gasteiger partial charge in [-0.15, -0.1) is 6.58 Å². The minimum Gasteiger partial charge on any atom is -0.387 e. The van der Waals surface area contributed by atoms with Crippen LogP contribution in [-0.4, -0.2) is 72.8 Å². The fourth-order valence-electron chi connectivity index (χ4n) is 3.17. The predicted octanol–water partition coefficient (Wildman–Crippen LogP) is -0.791. The third-order valence-corrected chi connectivity index (χ3v) is 8.57. The van der Waals surface area contributed by atoms with Gasteiger partial charge in [0.15, 0.2) is 6.23 Å². The van der Waals surface area contributed by atoms with E-state index in [9.17, 15) is 38.2 Å². The van der Waals surface area contributed by atoms with Crippen molar-refractivity contribution in [2.24, 2.45) is 0 Å². The van der Waals surface area contributed by atoms with Gasteiger partial charge in [0, 0.05) is 25.4 Å². The number of methoxy groups -OCH3 is 1. The van der Waals surface area contributed by atoms with Crippen molar-refractivity contribution < 1.29 is 61.0 Å². The van der Waals surface area contributed by atoms with Gasteiger partial charge in [-0.1, -0.05) is 5.57 Å². The van der Waals surface area contributed by atoms with E-state index in [2.05, 4.69) is 30.0 Å². The summed E-state index contributed by atoms with van der Waals surface area (Å²) < 4.78 is 57.5. The highest BCUT2D eigenvalue weighted by Crippen LogP contribution is 2.66. The lowest BCUT2D eigenvalue weighted by Crippen LogP contribution is -2.40. The van der Waals surface area contributed by atoms with E-state index in [1.165, 1.54) is 13.3 Å². The summed E-state index contributed by atoms with van der Waals surface area (Å²) in [7, 11) is -15.6. The summed E-state index contributed by atoms with van der Waals surface area (Å²) in [6, 6.07) is 0. The second-order valence-electron chi connectivity index (χ2n) is 7.85. The summed E-state index contributed by atoms with van der Waals surface area (Å²) in [6.07, 6.45) is -3.83. The maximum Gasteiger partial charge on any atom is 0.490 e. The zero-order valence-corrected chi connectivity index (χ0v) is 22.2. The highest BCUT2D eigenvalue weighted by molar-refractivity contribution is 7.66. The monoisotopic (exact) mass is 595 g/mol. The van der Waals surface area contributed by atoms with Crippen molar-refractivity contribution in [1.29, 1.82) is 0 Å². The number of hydrogen-bond acceptors (Lipinski definition) is 12. The number of aromatic amines is 1. The molecule has 6 atom stereocenters. The summed E-state index contributed by atoms with van der Waals surface area (Å²) in [5.41, 5.74) is -0.514. The normalized spacial score (nSPS) is 25.5. The molecule has 0 spiro atoms. The Hall–Kier alpha value is -1.33. The molecule has 2 unspecified atom stereocenters. The van der Waals surface area contributed by atoms with Crippen LogP contribution in [0.5, 0.6) is 0 Å². The largest absolute Gasteiger partial charge is 0.490 e. The van der Waals surface area contributed by atoms with Crippen LogP contribution < -0.4 is 16.6 Å². The zero-order chi connectivity index (χ0) is 28.2. The van der Waals surface area contributed by atoms with Crippen LogP contribution in [0, 0.1) is 0 Å². The van der Waals surface area contributed by atoms with Crippen molar-refractivity contribution in [3.8, 4) is 0 Å². The van der Waals surface area contributed by atoms with Crippen LogP contribution in [0.2, 0.25) is 0 Å². The van der Waals surface area contributed by atoms with Crippen LogP contribution in [-0.2, 0) is 42.9 Å². The average Bonchev–Trinajstić information content (AvgIpc) is 3.03. The fourth-order valence-corrected chi connectivity index (χ4v) is 6.20. The molecule has 212 valence electrons. The van der Waals surface area contributed by atoms with Gasteiger partial charge in [0.2, 0.25) is 0 Å². The van der Waals surface area contributed by atoms with E-state index >= 15 is 0 Å². The molecule has 37 heavy (non-hydrogen) atoms. The molecule has 1 aliphatic rings. The van der Waals surface area contributed by atoms with Crippen LogP contribution in [0.25, 0.3) is 0 Å². The van der Waals surface area contributed by atoms with E-state index in [1.54, 1.807) is 0 Å². The molecule has 0 saturated carbocycles. The number of rotatable bonds is 14. The number of nitrogens with zero attached hydrogens (tertiary/aromatic N) is 1. The topological polar surface area (TPSA) is 265 Å². The summed E-state index contributed by atoms with van der Waals surface area (Å²) in [4.78, 5) is 62.7. The van der Waals surface area contributed by atoms with Crippen LogP contribution >= 0.6 is 23.5 Å². The molecular formula is C16H28N3O15P3. The van der Waals surface area contributed by atoms with Gasteiger partial charge in [0.05, 0.1) is 6.61 Å². The Labute approximate surface area is 209 Å². The summed E-state index contributed by atoms with van der Waals surface area (Å²) in [5.74, 6) is 0. The van der Waals surface area contributed by atoms with Crippen molar-refractivity contribution in [3.63, 3.8) is 0 Å². The second kappa shape index (κ2) is 12.7. The van der Waals surface area contributed by atoms with Gasteiger partial charge < -0.3 is 39.5 Å². The van der Waals surface area contributed by atoms with Crippen LogP contribution in [0.4, 0.5) is 0 Å². The number of ether oxygens (including phenoxy) is 2. The van der Waals surface area contributed by atoms with Crippen molar-refractivity contribution in [3.05, 3.63) is 44.8 Å². The molecule has 1 saturated heterocycles. The molecular weight excluding hydrogens is 567 g/mol. The number of aliphatic hydroxyl groups is 1. The molecule has 0 amide bonds. The Morgan fingerprint density at radius 3 is 2.41 bits per heavy atom. The van der Waals surface area contributed by atoms with Gasteiger partial charge in [-0.25, -0.2) is 18.5 Å². The smallest absolute Gasteiger partial charge is 0.387 e. The molecule has 7 N–H and O–H groups in total. The first kappa shape index (κ1) is 31.9. The zero-order valence-electron chi connectivity index (χ0n) is 19.5. The van der Waals surface area contributed by atoms with E-state index in [1.807, 2.05) is 6.92 Å². The molecule has 2 heterocycles. The number of nitrogens with one attached hydrogen (secondary N) is 2. The van der Waals surface area contributed by atoms with E-state index in [0.717, 1.165) is 10.1 Å². The fraction of sp³-hybridized carbons (Fsp3) is 0.625. The number of phosphoric acid groups is 3. The molecule has 0 aliphatic carbocycles. The van der Waals surface area contributed by atoms with Crippen molar-refractivity contribution in [1.82, 2.24) is 14.9 Å². The lowest BCUT2D eigenvalue weighted by Gasteiger charge is -2.21. The van der Waals surface area contributed by atoms with Gasteiger partial charge in [0.1, 0.15) is 18.3 Å². The predicted molar refractivity (Wildman–Crippen MR) is 123 cm³/mol. The summed E-state index contributed by atoms with van der Waals surface area (Å²) in [5, 5.41) is 13.5. The molecule has 0 aromatic carbocycles. The number of phosphoric ester groups is 1. The van der Waals surface area contributed by atoms with E-state index in [4.69, 9.17) is 19.3 Å². The quantitative estimate of drug-likeness (QED) is 0.0789. The van der Waals surface area contributed by atoms with Crippen molar-refractivity contribution >= 4 is 23.5 Å². The highest BCUT2D eigenvalue weighted by atomic mass is 31.3. The van der Waals surface area contributed by atoms with Crippen LogP contribution in [0.15, 0.2) is 27.9 Å². The van der Waals surface area contributed by atoms with Crippen molar-refractivity contribution in [2.75, 3.05) is 20.3 Å². The first-order valence-electron chi connectivity index (χ1n) is 10.3. The number of aliphatic hydroxyl groups excluding tert-OH is 1. The van der Waals surface area contributed by atoms with Gasteiger partial charge in [-0.05, 0) is 19.9 Å². The first-order valence-corrected chi connectivity index (χ1v) is 14.8. The Bertz CT molecular complexity index is 1230. The third kappa shape index (κ3) is 9.73. The minimum atomic E-state index is -5.74. The molecule has 21 heteroatoms. The summed E-state index contributed by atoms with van der Waals surface area (Å²) in [6.45, 7) is 5.21. The van der Waals surface area contributed by atoms with Gasteiger partial charge in [-0.2, -0.15) is 8.62 Å². The Kier molecular flexibility index (Phi) is 10.9. The molecule has 0 radical (unpaired) electrons. The van der Waals surface area contributed by atoms with Crippen molar-refractivity contribution in [2.45, 2.75) is 44.4 Å². The Morgan fingerprint density at radius 2 is 1.84 bits per heavy atom. The standard InChI is InChI=1S/C16H28N3O15P3/c1-9(2)4-5-17-6-10-7-19(16(22)18-14(10)21)15-13(30-3)12(20)11(32-15)8-31-36(26,27)34-37(28,29)33-35(23,24)25/h7,11-13,15,17,20H,1,4-6,8H2,2-3H3,(H,26,27)(H,28,29)(H,18,21,22)(H2,23,24,25)/t11-,12-,13-,15-/m1/s1. The van der Waals surface area contributed by atoms with E-state index < -0.39 is 65.9 Å². The number of aromatic nitrogens is 2. The number of H-pyrrole nitrogens is 1. The third-order valence-electron chi connectivity index (χ3n) is 4.76. The molecule has 1 fully saturated rings. The SMILES string of the molecule is C=C(C)CCNCc1cn([C@@H]2O[C@H](COP(=O)(O)OP(=O)(O)OP(=O)(O)O)[C@@H](O)[C@H]2OC)c(=O)[nH]c1=O. The first-order chi connectivity index (χ1) is 16.9. The molecule has 18 nitrogen and oxygen atoms in total. The van der Waals surface area contributed by atoms with Gasteiger partial charge in [0.25, 0.3) is 5.56 Å². The molecule has 1 aliphatic heterocycles. The number of hydrogen-bond donors (Lipinski definition) is 7. The van der Waals surface area contributed by atoms with Crippen LogP contribution in [0.3, 0.4) is 0 Å².